The van der Waals surface area contributed by atoms with Crippen molar-refractivity contribution in [3.05, 3.63) is 70.8 Å². The lowest BCUT2D eigenvalue weighted by molar-refractivity contribution is -0.123. The van der Waals surface area contributed by atoms with E-state index in [1.54, 1.807) is 0 Å². The van der Waals surface area contributed by atoms with Gasteiger partial charge in [0.05, 0.1) is 11.8 Å². The number of amides is 1. The molecule has 2 N–H and O–H groups in total. The van der Waals surface area contributed by atoms with Gasteiger partial charge < -0.3 is 10.6 Å². The summed E-state index contributed by atoms with van der Waals surface area (Å²) in [7, 11) is -3.80. The second-order valence-corrected chi connectivity index (χ2v) is 11.6. The van der Waals surface area contributed by atoms with E-state index in [1.807, 2.05) is 19.1 Å². The fourth-order valence-electron chi connectivity index (χ4n) is 4.30. The first kappa shape index (κ1) is 27.3. The van der Waals surface area contributed by atoms with E-state index in [9.17, 15) is 22.0 Å². The fourth-order valence-corrected chi connectivity index (χ4v) is 6.50. The number of aryl methyl sites for hydroxylation is 1. The number of benzene rings is 2. The van der Waals surface area contributed by atoms with Crippen molar-refractivity contribution in [2.45, 2.75) is 70.2 Å². The molecule has 0 heterocycles. The molecule has 1 unspecified atom stereocenters. The van der Waals surface area contributed by atoms with Crippen molar-refractivity contribution < 1.29 is 22.0 Å². The van der Waals surface area contributed by atoms with Crippen LogP contribution in [0.5, 0.6) is 0 Å². The minimum absolute atomic E-state index is 0.0374. The zero-order valence-corrected chi connectivity index (χ0v) is 21.3. The summed E-state index contributed by atoms with van der Waals surface area (Å²) in [5.41, 5.74) is 2.38. The Morgan fingerprint density at radius 3 is 2.37 bits per heavy atom. The molecule has 35 heavy (non-hydrogen) atoms. The largest absolute Gasteiger partial charge is 0.351 e. The highest BCUT2D eigenvalue weighted by molar-refractivity contribution is 7.91. The zero-order chi connectivity index (χ0) is 25.4. The Bertz CT molecular complexity index is 1080. The summed E-state index contributed by atoms with van der Waals surface area (Å²) in [5.74, 6) is -2.10. The van der Waals surface area contributed by atoms with E-state index in [0.717, 1.165) is 43.0 Å². The summed E-state index contributed by atoms with van der Waals surface area (Å²) in [6, 6.07) is 10.3. The molecular weight excluding hydrogens is 470 g/mol. The number of halogens is 2. The molecule has 0 radical (unpaired) electrons. The summed E-state index contributed by atoms with van der Waals surface area (Å²) in [6.45, 7) is 5.01. The van der Waals surface area contributed by atoms with Crippen LogP contribution in [0.2, 0.25) is 0 Å². The highest BCUT2D eigenvalue weighted by Gasteiger charge is 2.38. The molecule has 192 valence electrons. The highest BCUT2D eigenvalue weighted by atomic mass is 32.2. The molecule has 2 atom stereocenters. The van der Waals surface area contributed by atoms with Crippen molar-refractivity contribution in [3.8, 4) is 0 Å². The van der Waals surface area contributed by atoms with Gasteiger partial charge >= 0.3 is 0 Å². The van der Waals surface area contributed by atoms with Crippen LogP contribution in [0.4, 0.5) is 8.78 Å². The number of nitrogens with one attached hydrogen (secondary N) is 2. The van der Waals surface area contributed by atoms with Crippen molar-refractivity contribution in [2.75, 3.05) is 12.3 Å². The van der Waals surface area contributed by atoms with Crippen LogP contribution < -0.4 is 10.6 Å². The summed E-state index contributed by atoms with van der Waals surface area (Å²) < 4.78 is 55.1. The number of sulfone groups is 1. The summed E-state index contributed by atoms with van der Waals surface area (Å²) >= 11 is 0. The van der Waals surface area contributed by atoms with Gasteiger partial charge in [-0.05, 0) is 67.5 Å². The third-order valence-corrected chi connectivity index (χ3v) is 8.62. The SMILES string of the molecule is CCCCS(=O)(=O)C(c1cc(F)cc(F)c1)[C@H](CCNCc1cccc(CC)c1)NC(=O)C1CC1. The first-order valence-corrected chi connectivity index (χ1v) is 14.2. The topological polar surface area (TPSA) is 75.3 Å². The Morgan fingerprint density at radius 2 is 1.74 bits per heavy atom. The lowest BCUT2D eigenvalue weighted by atomic mass is 10.0. The van der Waals surface area contributed by atoms with Crippen LogP contribution >= 0.6 is 0 Å². The predicted octanol–water partition coefficient (Wildman–Crippen LogP) is 4.86. The normalized spacial score (nSPS) is 15.5. The second-order valence-electron chi connectivity index (χ2n) is 9.37. The van der Waals surface area contributed by atoms with E-state index < -0.39 is 32.8 Å². The standard InChI is InChI=1S/C27H36F2N2O3S/c1-3-5-13-35(33,34)26(22-15-23(28)17-24(29)16-22)25(31-27(32)21-9-10-21)11-12-30-18-20-8-6-7-19(4-2)14-20/h6-8,14-17,21,25-26,30H,3-5,9-13,18H2,1-2H3,(H,31,32)/t25-,26?/m0/s1. The van der Waals surface area contributed by atoms with Gasteiger partial charge in [-0.1, -0.05) is 44.5 Å². The number of unbranched alkanes of at least 4 members (excludes halogenated alkanes) is 1. The molecule has 0 aromatic heterocycles. The summed E-state index contributed by atoms with van der Waals surface area (Å²) in [4.78, 5) is 12.7. The Labute approximate surface area is 207 Å². The Kier molecular flexibility index (Phi) is 9.80. The third kappa shape index (κ3) is 8.10. The Morgan fingerprint density at radius 1 is 1.06 bits per heavy atom. The van der Waals surface area contributed by atoms with Gasteiger partial charge in [-0.15, -0.1) is 0 Å². The Balaban J connectivity index is 1.83. The van der Waals surface area contributed by atoms with Crippen LogP contribution in [0.1, 0.15) is 67.9 Å². The monoisotopic (exact) mass is 506 g/mol. The highest BCUT2D eigenvalue weighted by Crippen LogP contribution is 2.33. The van der Waals surface area contributed by atoms with Gasteiger partial charge in [0.15, 0.2) is 9.84 Å². The fraction of sp³-hybridized carbons (Fsp3) is 0.519. The molecule has 1 aliphatic rings. The predicted molar refractivity (Wildman–Crippen MR) is 135 cm³/mol. The van der Waals surface area contributed by atoms with E-state index >= 15 is 0 Å². The van der Waals surface area contributed by atoms with Crippen molar-refractivity contribution in [1.29, 1.82) is 0 Å². The van der Waals surface area contributed by atoms with Gasteiger partial charge in [-0.25, -0.2) is 17.2 Å². The number of rotatable bonds is 14. The summed E-state index contributed by atoms with van der Waals surface area (Å²) in [5, 5.41) is 5.01. The maximum Gasteiger partial charge on any atom is 0.223 e. The van der Waals surface area contributed by atoms with E-state index in [4.69, 9.17) is 0 Å². The molecule has 3 rings (SSSR count). The third-order valence-electron chi connectivity index (χ3n) is 6.38. The molecular formula is C27H36F2N2O3S. The molecule has 0 aliphatic heterocycles. The molecule has 8 heteroatoms. The van der Waals surface area contributed by atoms with Crippen molar-refractivity contribution in [1.82, 2.24) is 10.6 Å². The van der Waals surface area contributed by atoms with Crippen LogP contribution in [0, 0.1) is 17.6 Å². The maximum absolute atomic E-state index is 14.1. The molecule has 1 fully saturated rings. The van der Waals surface area contributed by atoms with Crippen LogP contribution in [0.3, 0.4) is 0 Å². The number of hydrogen-bond donors (Lipinski definition) is 2. The van der Waals surface area contributed by atoms with Crippen molar-refractivity contribution in [3.63, 3.8) is 0 Å². The van der Waals surface area contributed by atoms with E-state index in [1.165, 1.54) is 5.56 Å². The zero-order valence-electron chi connectivity index (χ0n) is 20.5. The average Bonchev–Trinajstić information content (AvgIpc) is 3.65. The lowest BCUT2D eigenvalue weighted by Crippen LogP contribution is -2.44. The van der Waals surface area contributed by atoms with Gasteiger partial charge in [0.25, 0.3) is 0 Å². The molecule has 2 aromatic rings. The minimum Gasteiger partial charge on any atom is -0.351 e. The van der Waals surface area contributed by atoms with Crippen LogP contribution in [-0.2, 0) is 27.6 Å². The van der Waals surface area contributed by atoms with Gasteiger partial charge in [-0.3, -0.25) is 4.79 Å². The van der Waals surface area contributed by atoms with Gasteiger partial charge in [0.2, 0.25) is 5.91 Å². The second kappa shape index (κ2) is 12.6. The quantitative estimate of drug-likeness (QED) is 0.359. The Hall–Kier alpha value is -2.32. The number of hydrogen-bond acceptors (Lipinski definition) is 4. The van der Waals surface area contributed by atoms with Crippen LogP contribution in [0.15, 0.2) is 42.5 Å². The smallest absolute Gasteiger partial charge is 0.223 e. The molecule has 0 spiro atoms. The molecule has 1 amide bonds. The first-order valence-electron chi connectivity index (χ1n) is 12.5. The average molecular weight is 507 g/mol. The summed E-state index contributed by atoms with van der Waals surface area (Å²) in [6.07, 6.45) is 3.89. The van der Waals surface area contributed by atoms with E-state index in [2.05, 4.69) is 29.7 Å². The van der Waals surface area contributed by atoms with Gasteiger partial charge in [0, 0.05) is 18.5 Å². The molecule has 2 aromatic carbocycles. The minimum atomic E-state index is -3.80. The van der Waals surface area contributed by atoms with E-state index in [0.29, 0.717) is 32.4 Å². The maximum atomic E-state index is 14.1. The molecule has 1 aliphatic carbocycles. The molecule has 0 bridgehead atoms. The van der Waals surface area contributed by atoms with Gasteiger partial charge in [0.1, 0.15) is 16.9 Å². The van der Waals surface area contributed by atoms with Crippen molar-refractivity contribution >= 4 is 15.7 Å². The van der Waals surface area contributed by atoms with E-state index in [-0.39, 0.29) is 23.1 Å². The van der Waals surface area contributed by atoms with Crippen LogP contribution in [-0.4, -0.2) is 32.7 Å². The first-order chi connectivity index (χ1) is 16.7. The van der Waals surface area contributed by atoms with Gasteiger partial charge in [-0.2, -0.15) is 0 Å². The number of carbonyl (C=O) groups is 1. The molecule has 5 nitrogen and oxygen atoms in total. The molecule has 1 saturated carbocycles. The van der Waals surface area contributed by atoms with Crippen molar-refractivity contribution in [2.24, 2.45) is 5.92 Å². The van der Waals surface area contributed by atoms with Crippen LogP contribution in [0.25, 0.3) is 0 Å². The number of carbonyl (C=O) groups excluding carboxylic acids is 1. The molecule has 0 saturated heterocycles. The lowest BCUT2D eigenvalue weighted by Gasteiger charge is -2.29.